The quantitative estimate of drug-likeness (QED) is 0.838. The minimum Gasteiger partial charge on any atom is -0.381 e. The van der Waals surface area contributed by atoms with Crippen LogP contribution in [0.1, 0.15) is 19.8 Å². The molecule has 1 saturated heterocycles. The maximum atomic E-state index is 13.3. The van der Waals surface area contributed by atoms with E-state index < -0.39 is 21.7 Å². The van der Waals surface area contributed by atoms with Crippen molar-refractivity contribution in [3.05, 3.63) is 29.8 Å². The molecule has 0 aliphatic carbocycles. The molecule has 4 nitrogen and oxygen atoms in total. The van der Waals surface area contributed by atoms with Gasteiger partial charge in [0.05, 0.1) is 11.4 Å². The van der Waals surface area contributed by atoms with Crippen molar-refractivity contribution in [3.8, 4) is 0 Å². The number of ether oxygens (including phenoxy) is 1. The molecule has 1 fully saturated rings. The van der Waals surface area contributed by atoms with E-state index in [-0.39, 0.29) is 23.9 Å². The lowest BCUT2D eigenvalue weighted by Gasteiger charge is -2.27. The van der Waals surface area contributed by atoms with Crippen LogP contribution in [0.15, 0.2) is 18.2 Å². The maximum absolute atomic E-state index is 13.3. The Morgan fingerprint density at radius 1 is 1.24 bits per heavy atom. The third-order valence-electron chi connectivity index (χ3n) is 3.60. The van der Waals surface area contributed by atoms with Crippen molar-refractivity contribution in [3.63, 3.8) is 0 Å². The number of rotatable bonds is 5. The van der Waals surface area contributed by atoms with E-state index in [2.05, 4.69) is 0 Å². The first-order valence-electron chi connectivity index (χ1n) is 6.97. The van der Waals surface area contributed by atoms with E-state index in [9.17, 15) is 17.2 Å². The number of benzene rings is 1. The molecule has 0 amide bonds. The van der Waals surface area contributed by atoms with Gasteiger partial charge >= 0.3 is 0 Å². The van der Waals surface area contributed by atoms with Crippen LogP contribution in [0.5, 0.6) is 0 Å². The topological polar surface area (TPSA) is 46.6 Å². The Hall–Kier alpha value is -1.21. The molecular weight excluding hydrogens is 300 g/mol. The highest BCUT2D eigenvalue weighted by Gasteiger charge is 2.27. The number of hydrogen-bond acceptors (Lipinski definition) is 3. The summed E-state index contributed by atoms with van der Waals surface area (Å²) in [6.45, 7) is 2.98. The van der Waals surface area contributed by atoms with Crippen LogP contribution in [0, 0.1) is 17.6 Å². The lowest BCUT2D eigenvalue weighted by molar-refractivity contribution is 0.0723. The smallest absolute Gasteiger partial charge is 0.235 e. The van der Waals surface area contributed by atoms with Crippen molar-refractivity contribution in [2.24, 2.45) is 5.92 Å². The van der Waals surface area contributed by atoms with E-state index in [1.165, 1.54) is 6.07 Å². The summed E-state index contributed by atoms with van der Waals surface area (Å²) in [5, 5.41) is 0. The summed E-state index contributed by atoms with van der Waals surface area (Å²) in [4.78, 5) is 0. The van der Waals surface area contributed by atoms with Gasteiger partial charge in [-0.25, -0.2) is 17.2 Å². The molecular formula is C14H19F2NO3S. The molecule has 7 heteroatoms. The number of hydrogen-bond donors (Lipinski definition) is 0. The fraction of sp³-hybridized carbons (Fsp3) is 0.571. The lowest BCUT2D eigenvalue weighted by Crippen LogP contribution is -2.36. The van der Waals surface area contributed by atoms with Crippen LogP contribution in [0.2, 0.25) is 0 Å². The number of sulfonamides is 1. The molecule has 0 radical (unpaired) electrons. The Labute approximate surface area is 123 Å². The van der Waals surface area contributed by atoms with Crippen LogP contribution in [-0.4, -0.2) is 33.9 Å². The number of nitrogens with zero attached hydrogens (tertiary/aromatic N) is 1. The fourth-order valence-corrected chi connectivity index (χ4v) is 4.42. The second-order valence-electron chi connectivity index (χ2n) is 5.10. The zero-order valence-corrected chi connectivity index (χ0v) is 12.7. The highest BCUT2D eigenvalue weighted by atomic mass is 32.2. The van der Waals surface area contributed by atoms with Crippen molar-refractivity contribution in [2.45, 2.75) is 19.8 Å². The van der Waals surface area contributed by atoms with Gasteiger partial charge in [0.15, 0.2) is 11.6 Å². The van der Waals surface area contributed by atoms with Crippen molar-refractivity contribution < 1.29 is 21.9 Å². The molecule has 1 aromatic carbocycles. The van der Waals surface area contributed by atoms with E-state index >= 15 is 0 Å². The van der Waals surface area contributed by atoms with Gasteiger partial charge in [0, 0.05) is 25.8 Å². The van der Waals surface area contributed by atoms with Crippen LogP contribution in [0.4, 0.5) is 14.5 Å². The van der Waals surface area contributed by atoms with E-state index in [0.29, 0.717) is 26.1 Å². The average molecular weight is 319 g/mol. The fourth-order valence-electron chi connectivity index (χ4n) is 2.48. The molecule has 0 unspecified atom stereocenters. The summed E-state index contributed by atoms with van der Waals surface area (Å²) in [5.74, 6) is -1.99. The van der Waals surface area contributed by atoms with Gasteiger partial charge in [-0.15, -0.1) is 0 Å². The van der Waals surface area contributed by atoms with Gasteiger partial charge in [0.1, 0.15) is 0 Å². The van der Waals surface area contributed by atoms with Gasteiger partial charge in [-0.05, 0) is 37.8 Å². The summed E-state index contributed by atoms with van der Waals surface area (Å²) in [7, 11) is -3.57. The van der Waals surface area contributed by atoms with Crippen LogP contribution < -0.4 is 4.31 Å². The molecule has 0 aromatic heterocycles. The first-order chi connectivity index (χ1) is 9.94. The summed E-state index contributed by atoms with van der Waals surface area (Å²) in [6.07, 6.45) is 1.41. The average Bonchev–Trinajstić information content (AvgIpc) is 2.44. The van der Waals surface area contributed by atoms with E-state index in [0.717, 1.165) is 16.4 Å². The number of anilines is 1. The second-order valence-corrected chi connectivity index (χ2v) is 7.04. The van der Waals surface area contributed by atoms with Gasteiger partial charge in [-0.3, -0.25) is 4.31 Å². The Morgan fingerprint density at radius 2 is 1.90 bits per heavy atom. The summed E-state index contributed by atoms with van der Waals surface area (Å²) >= 11 is 0. The maximum Gasteiger partial charge on any atom is 0.235 e. The van der Waals surface area contributed by atoms with Gasteiger partial charge < -0.3 is 4.74 Å². The minimum absolute atomic E-state index is 0.00317. The zero-order valence-electron chi connectivity index (χ0n) is 11.9. The van der Waals surface area contributed by atoms with E-state index in [1.54, 1.807) is 6.92 Å². The van der Waals surface area contributed by atoms with Crippen LogP contribution in [-0.2, 0) is 14.8 Å². The Morgan fingerprint density at radius 3 is 2.48 bits per heavy atom. The molecule has 21 heavy (non-hydrogen) atoms. The van der Waals surface area contributed by atoms with Gasteiger partial charge in [0.2, 0.25) is 10.0 Å². The normalized spacial score (nSPS) is 16.9. The highest BCUT2D eigenvalue weighted by molar-refractivity contribution is 7.92. The molecule has 118 valence electrons. The Bertz CT molecular complexity index is 586. The van der Waals surface area contributed by atoms with Crippen LogP contribution in [0.3, 0.4) is 0 Å². The molecule has 1 aliphatic rings. The molecule has 1 aromatic rings. The van der Waals surface area contributed by atoms with Crippen LogP contribution >= 0.6 is 0 Å². The predicted octanol–water partition coefficient (Wildman–Crippen LogP) is 2.55. The van der Waals surface area contributed by atoms with Crippen molar-refractivity contribution in [1.82, 2.24) is 0 Å². The molecule has 0 N–H and O–H groups in total. The second kappa shape index (κ2) is 6.70. The molecule has 0 atom stereocenters. The third-order valence-corrected chi connectivity index (χ3v) is 5.63. The molecule has 1 aliphatic heterocycles. The molecule has 0 bridgehead atoms. The van der Waals surface area contributed by atoms with Gasteiger partial charge in [-0.1, -0.05) is 0 Å². The molecule has 0 spiro atoms. The lowest BCUT2D eigenvalue weighted by atomic mass is 10.0. The van der Waals surface area contributed by atoms with Crippen LogP contribution in [0.25, 0.3) is 0 Å². The Balaban J connectivity index is 2.19. The summed E-state index contributed by atoms with van der Waals surface area (Å²) in [6, 6.07) is 3.14. The van der Waals surface area contributed by atoms with Crippen molar-refractivity contribution >= 4 is 15.7 Å². The third kappa shape index (κ3) is 3.91. The van der Waals surface area contributed by atoms with Gasteiger partial charge in [-0.2, -0.15) is 0 Å². The predicted molar refractivity (Wildman–Crippen MR) is 76.7 cm³/mol. The van der Waals surface area contributed by atoms with E-state index in [1.807, 2.05) is 0 Å². The highest BCUT2D eigenvalue weighted by Crippen LogP contribution is 2.24. The van der Waals surface area contributed by atoms with Crippen molar-refractivity contribution in [2.75, 3.05) is 29.8 Å². The largest absolute Gasteiger partial charge is 0.381 e. The summed E-state index contributed by atoms with van der Waals surface area (Å²) in [5.41, 5.74) is 0.156. The molecule has 2 rings (SSSR count). The first-order valence-corrected chi connectivity index (χ1v) is 8.58. The standard InChI is InChI=1S/C14H19F2NO3S/c1-2-17(12-3-4-13(15)14(16)9-12)21(18,19)10-11-5-7-20-8-6-11/h3-4,9,11H,2,5-8,10H2,1H3. The monoisotopic (exact) mass is 319 g/mol. The summed E-state index contributed by atoms with van der Waals surface area (Å²) < 4.78 is 57.6. The van der Waals surface area contributed by atoms with Crippen molar-refractivity contribution in [1.29, 1.82) is 0 Å². The molecule has 0 saturated carbocycles. The first kappa shape index (κ1) is 16.2. The SMILES string of the molecule is CCN(c1ccc(F)c(F)c1)S(=O)(=O)CC1CCOCC1. The minimum atomic E-state index is -3.57. The van der Waals surface area contributed by atoms with Gasteiger partial charge in [0.25, 0.3) is 0 Å². The zero-order chi connectivity index (χ0) is 15.5. The van der Waals surface area contributed by atoms with E-state index in [4.69, 9.17) is 4.74 Å². The Kier molecular flexibility index (Phi) is 5.16. The molecule has 1 heterocycles. The number of halogens is 2.